The molecule has 5 nitrogen and oxygen atoms in total. The lowest BCUT2D eigenvalue weighted by Gasteiger charge is -2.33. The van der Waals surface area contributed by atoms with Crippen molar-refractivity contribution < 1.29 is 9.32 Å². The predicted molar refractivity (Wildman–Crippen MR) is 95.6 cm³/mol. The fourth-order valence-electron chi connectivity index (χ4n) is 2.87. The maximum Gasteiger partial charge on any atom is 0.249 e. The van der Waals surface area contributed by atoms with Crippen molar-refractivity contribution in [3.63, 3.8) is 0 Å². The standard InChI is InChI=1S/C18H21N3O2S/c1-2-12-24-13-16(22)21-11-7-6-10-15(21)18-19-17(20-23-18)14-8-4-3-5-9-14/h2-5,8-9,15H,1,6-7,10-13H2/t15-/m0/s1. The highest BCUT2D eigenvalue weighted by molar-refractivity contribution is 8.00. The van der Waals surface area contributed by atoms with E-state index in [1.807, 2.05) is 41.3 Å². The van der Waals surface area contributed by atoms with E-state index in [4.69, 9.17) is 4.52 Å². The molecule has 3 rings (SSSR count). The molecule has 0 spiro atoms. The van der Waals surface area contributed by atoms with E-state index >= 15 is 0 Å². The van der Waals surface area contributed by atoms with Gasteiger partial charge in [0.05, 0.1) is 5.75 Å². The number of carbonyl (C=O) groups excluding carboxylic acids is 1. The summed E-state index contributed by atoms with van der Waals surface area (Å²) in [5, 5.41) is 4.09. The molecule has 0 unspecified atom stereocenters. The number of nitrogens with zero attached hydrogens (tertiary/aromatic N) is 3. The fourth-order valence-corrected chi connectivity index (χ4v) is 3.50. The molecule has 1 aliphatic heterocycles. The summed E-state index contributed by atoms with van der Waals surface area (Å²) in [4.78, 5) is 18.9. The summed E-state index contributed by atoms with van der Waals surface area (Å²) in [5.41, 5.74) is 0.919. The summed E-state index contributed by atoms with van der Waals surface area (Å²) < 4.78 is 5.49. The molecule has 0 aliphatic carbocycles. The number of hydrogen-bond acceptors (Lipinski definition) is 5. The van der Waals surface area contributed by atoms with Crippen molar-refractivity contribution in [1.82, 2.24) is 15.0 Å². The molecule has 0 saturated carbocycles. The van der Waals surface area contributed by atoms with Crippen LogP contribution in [0.4, 0.5) is 0 Å². The second kappa shape index (κ2) is 8.15. The molecule has 1 fully saturated rings. The van der Waals surface area contributed by atoms with Crippen molar-refractivity contribution in [3.05, 3.63) is 48.9 Å². The van der Waals surface area contributed by atoms with Gasteiger partial charge in [-0.2, -0.15) is 4.98 Å². The molecule has 1 aromatic carbocycles. The van der Waals surface area contributed by atoms with E-state index in [0.29, 0.717) is 17.5 Å². The SMILES string of the molecule is C=CCSCC(=O)N1CCCC[C@H]1c1nc(-c2ccccc2)no1. The van der Waals surface area contributed by atoms with Crippen LogP contribution in [0, 0.1) is 0 Å². The Morgan fingerprint density at radius 3 is 3.00 bits per heavy atom. The van der Waals surface area contributed by atoms with E-state index in [2.05, 4.69) is 16.7 Å². The minimum absolute atomic E-state index is 0.111. The van der Waals surface area contributed by atoms with Crippen LogP contribution in [0.3, 0.4) is 0 Å². The van der Waals surface area contributed by atoms with Crippen LogP contribution in [0.2, 0.25) is 0 Å². The highest BCUT2D eigenvalue weighted by Gasteiger charge is 2.31. The van der Waals surface area contributed by atoms with Crippen LogP contribution in [-0.2, 0) is 4.79 Å². The molecular formula is C18H21N3O2S. The third-order valence-electron chi connectivity index (χ3n) is 4.04. The zero-order valence-corrected chi connectivity index (χ0v) is 14.4. The van der Waals surface area contributed by atoms with E-state index in [0.717, 1.165) is 37.1 Å². The Hall–Kier alpha value is -2.08. The van der Waals surface area contributed by atoms with Gasteiger partial charge in [-0.3, -0.25) is 4.79 Å². The molecule has 1 aromatic heterocycles. The maximum absolute atomic E-state index is 12.5. The first-order chi connectivity index (χ1) is 11.8. The summed E-state index contributed by atoms with van der Waals surface area (Å²) in [7, 11) is 0. The van der Waals surface area contributed by atoms with Gasteiger partial charge in [0, 0.05) is 17.9 Å². The van der Waals surface area contributed by atoms with Gasteiger partial charge in [0.15, 0.2) is 0 Å². The van der Waals surface area contributed by atoms with Crippen LogP contribution in [0.15, 0.2) is 47.5 Å². The summed E-state index contributed by atoms with van der Waals surface area (Å²) in [6.45, 7) is 4.44. The minimum Gasteiger partial charge on any atom is -0.337 e. The Labute approximate surface area is 146 Å². The van der Waals surface area contributed by atoms with Crippen molar-refractivity contribution in [1.29, 1.82) is 0 Å². The van der Waals surface area contributed by atoms with Crippen LogP contribution >= 0.6 is 11.8 Å². The Morgan fingerprint density at radius 1 is 1.38 bits per heavy atom. The molecule has 0 bridgehead atoms. The first kappa shape index (κ1) is 16.8. The van der Waals surface area contributed by atoms with Gasteiger partial charge >= 0.3 is 0 Å². The normalized spacial score (nSPS) is 17.7. The average molecular weight is 343 g/mol. The largest absolute Gasteiger partial charge is 0.337 e. The Kier molecular flexibility index (Phi) is 5.69. The number of amides is 1. The number of benzene rings is 1. The Balaban J connectivity index is 1.75. The summed E-state index contributed by atoms with van der Waals surface area (Å²) >= 11 is 1.58. The minimum atomic E-state index is -0.111. The average Bonchev–Trinajstić information content (AvgIpc) is 3.12. The van der Waals surface area contributed by atoms with Crippen LogP contribution in [0.5, 0.6) is 0 Å². The fraction of sp³-hybridized carbons (Fsp3) is 0.389. The lowest BCUT2D eigenvalue weighted by Crippen LogP contribution is -2.39. The number of aromatic nitrogens is 2. The van der Waals surface area contributed by atoms with Crippen LogP contribution in [0.25, 0.3) is 11.4 Å². The quantitative estimate of drug-likeness (QED) is 0.591. The molecule has 2 aromatic rings. The highest BCUT2D eigenvalue weighted by Crippen LogP contribution is 2.31. The zero-order valence-electron chi connectivity index (χ0n) is 13.6. The van der Waals surface area contributed by atoms with Crippen molar-refractivity contribution in [2.45, 2.75) is 25.3 Å². The Morgan fingerprint density at radius 2 is 2.21 bits per heavy atom. The van der Waals surface area contributed by atoms with Crippen molar-refractivity contribution in [2.24, 2.45) is 0 Å². The monoisotopic (exact) mass is 343 g/mol. The molecule has 1 aliphatic rings. The molecule has 2 heterocycles. The number of likely N-dealkylation sites (tertiary alicyclic amines) is 1. The van der Waals surface area contributed by atoms with Gasteiger partial charge in [0.1, 0.15) is 6.04 Å². The first-order valence-corrected chi connectivity index (χ1v) is 9.32. The van der Waals surface area contributed by atoms with Gasteiger partial charge in [-0.1, -0.05) is 41.6 Å². The van der Waals surface area contributed by atoms with Gasteiger partial charge in [0.25, 0.3) is 0 Å². The number of thioether (sulfide) groups is 1. The number of piperidine rings is 1. The molecule has 0 N–H and O–H groups in total. The lowest BCUT2D eigenvalue weighted by atomic mass is 10.0. The van der Waals surface area contributed by atoms with Gasteiger partial charge in [-0.05, 0) is 19.3 Å². The Bertz CT molecular complexity index is 687. The molecule has 0 radical (unpaired) electrons. The number of rotatable bonds is 6. The van der Waals surface area contributed by atoms with Crippen molar-refractivity contribution >= 4 is 17.7 Å². The highest BCUT2D eigenvalue weighted by atomic mass is 32.2. The van der Waals surface area contributed by atoms with E-state index in [1.165, 1.54) is 0 Å². The van der Waals surface area contributed by atoms with Crippen molar-refractivity contribution in [2.75, 3.05) is 18.1 Å². The molecule has 1 saturated heterocycles. The third-order valence-corrected chi connectivity index (χ3v) is 4.97. The third kappa shape index (κ3) is 3.87. The number of carbonyl (C=O) groups is 1. The van der Waals surface area contributed by atoms with Gasteiger partial charge in [-0.25, -0.2) is 0 Å². The smallest absolute Gasteiger partial charge is 0.249 e. The molecular weight excluding hydrogens is 322 g/mol. The van der Waals surface area contributed by atoms with Gasteiger partial charge in [0.2, 0.25) is 17.6 Å². The first-order valence-electron chi connectivity index (χ1n) is 8.16. The predicted octanol–water partition coefficient (Wildman–Crippen LogP) is 3.71. The topological polar surface area (TPSA) is 59.2 Å². The van der Waals surface area contributed by atoms with Gasteiger partial charge in [-0.15, -0.1) is 18.3 Å². The molecule has 1 atom stereocenters. The van der Waals surface area contributed by atoms with Gasteiger partial charge < -0.3 is 9.42 Å². The summed E-state index contributed by atoms with van der Waals surface area (Å²) in [5.74, 6) is 2.48. The summed E-state index contributed by atoms with van der Waals surface area (Å²) in [6, 6.07) is 9.62. The number of hydrogen-bond donors (Lipinski definition) is 0. The van der Waals surface area contributed by atoms with Crippen LogP contribution in [-0.4, -0.2) is 39.0 Å². The second-order valence-corrected chi connectivity index (χ2v) is 6.76. The molecule has 1 amide bonds. The maximum atomic E-state index is 12.5. The van der Waals surface area contributed by atoms with E-state index in [1.54, 1.807) is 11.8 Å². The lowest BCUT2D eigenvalue weighted by molar-refractivity contribution is -0.132. The van der Waals surface area contributed by atoms with E-state index in [9.17, 15) is 4.79 Å². The molecule has 24 heavy (non-hydrogen) atoms. The molecule has 126 valence electrons. The molecule has 6 heteroatoms. The van der Waals surface area contributed by atoms with Crippen LogP contribution < -0.4 is 0 Å². The van der Waals surface area contributed by atoms with E-state index < -0.39 is 0 Å². The van der Waals surface area contributed by atoms with E-state index in [-0.39, 0.29) is 11.9 Å². The van der Waals surface area contributed by atoms with Crippen molar-refractivity contribution in [3.8, 4) is 11.4 Å². The zero-order chi connectivity index (χ0) is 16.8. The van der Waals surface area contributed by atoms with Crippen LogP contribution in [0.1, 0.15) is 31.2 Å². The second-order valence-electron chi connectivity index (χ2n) is 5.72. The summed E-state index contributed by atoms with van der Waals surface area (Å²) in [6.07, 6.45) is 4.77.